The first-order valence-electron chi connectivity index (χ1n) is 5.96. The summed E-state index contributed by atoms with van der Waals surface area (Å²) < 4.78 is 6.80. The van der Waals surface area contributed by atoms with Gasteiger partial charge in [0.05, 0.1) is 11.6 Å². The molecular formula is C16H14BrNO. The van der Waals surface area contributed by atoms with E-state index in [0.29, 0.717) is 11.3 Å². The highest BCUT2D eigenvalue weighted by Crippen LogP contribution is 2.32. The molecule has 0 fully saturated rings. The van der Waals surface area contributed by atoms with Gasteiger partial charge in [-0.2, -0.15) is 5.26 Å². The van der Waals surface area contributed by atoms with Crippen LogP contribution in [0.5, 0.6) is 11.5 Å². The largest absolute Gasteiger partial charge is 0.457 e. The van der Waals surface area contributed by atoms with E-state index in [2.05, 4.69) is 35.0 Å². The summed E-state index contributed by atoms with van der Waals surface area (Å²) in [6.45, 7) is 6.12. The Labute approximate surface area is 121 Å². The molecule has 0 aliphatic heterocycles. The van der Waals surface area contributed by atoms with Crippen LogP contribution in [0, 0.1) is 32.1 Å². The van der Waals surface area contributed by atoms with Crippen molar-refractivity contribution >= 4 is 15.9 Å². The first-order chi connectivity index (χ1) is 9.01. The van der Waals surface area contributed by atoms with E-state index in [4.69, 9.17) is 10.00 Å². The quantitative estimate of drug-likeness (QED) is 0.778. The minimum absolute atomic E-state index is 0.576. The number of hydrogen-bond acceptors (Lipinski definition) is 2. The Bertz CT molecular complexity index is 671. The summed E-state index contributed by atoms with van der Waals surface area (Å²) in [6, 6.07) is 11.6. The normalized spacial score (nSPS) is 10.1. The lowest BCUT2D eigenvalue weighted by molar-refractivity contribution is 0.474. The molecule has 0 bridgehead atoms. The van der Waals surface area contributed by atoms with Gasteiger partial charge in [-0.25, -0.2) is 0 Å². The van der Waals surface area contributed by atoms with Crippen LogP contribution in [-0.4, -0.2) is 0 Å². The van der Waals surface area contributed by atoms with Crippen LogP contribution in [0.25, 0.3) is 0 Å². The maximum Gasteiger partial charge on any atom is 0.133 e. The second-order valence-corrected chi connectivity index (χ2v) is 5.46. The van der Waals surface area contributed by atoms with Gasteiger partial charge in [-0.1, -0.05) is 28.1 Å². The van der Waals surface area contributed by atoms with Gasteiger partial charge in [0, 0.05) is 4.47 Å². The molecule has 19 heavy (non-hydrogen) atoms. The van der Waals surface area contributed by atoms with Gasteiger partial charge in [-0.05, 0) is 55.7 Å². The highest BCUT2D eigenvalue weighted by molar-refractivity contribution is 9.10. The Kier molecular flexibility index (Phi) is 3.92. The summed E-state index contributed by atoms with van der Waals surface area (Å²) in [6.07, 6.45) is 0. The lowest BCUT2D eigenvalue weighted by Gasteiger charge is -2.14. The molecule has 0 aliphatic carbocycles. The van der Waals surface area contributed by atoms with Crippen molar-refractivity contribution in [3.8, 4) is 17.6 Å². The molecule has 0 spiro atoms. The van der Waals surface area contributed by atoms with E-state index < -0.39 is 0 Å². The Morgan fingerprint density at radius 2 is 1.74 bits per heavy atom. The summed E-state index contributed by atoms with van der Waals surface area (Å²) in [7, 11) is 0. The Balaban J connectivity index is 2.45. The molecule has 0 N–H and O–H groups in total. The molecule has 0 saturated heterocycles. The molecule has 0 saturated carbocycles. The first kappa shape index (κ1) is 13.6. The van der Waals surface area contributed by atoms with E-state index in [9.17, 15) is 0 Å². The van der Waals surface area contributed by atoms with Gasteiger partial charge < -0.3 is 4.74 Å². The zero-order valence-electron chi connectivity index (χ0n) is 11.1. The lowest BCUT2D eigenvalue weighted by atomic mass is 10.1. The van der Waals surface area contributed by atoms with Gasteiger partial charge in [0.15, 0.2) is 0 Å². The van der Waals surface area contributed by atoms with Crippen LogP contribution in [0.1, 0.15) is 22.3 Å². The van der Waals surface area contributed by atoms with E-state index >= 15 is 0 Å². The molecule has 0 radical (unpaired) electrons. The summed E-state index contributed by atoms with van der Waals surface area (Å²) in [5.41, 5.74) is 3.98. The second kappa shape index (κ2) is 5.46. The molecule has 96 valence electrons. The minimum Gasteiger partial charge on any atom is -0.457 e. The first-order valence-corrected chi connectivity index (χ1v) is 6.76. The topological polar surface area (TPSA) is 33.0 Å². The third-order valence-corrected chi connectivity index (χ3v) is 3.55. The predicted octanol–water partition coefficient (Wildman–Crippen LogP) is 5.04. The SMILES string of the molecule is Cc1ccc(C)c(Oc2cc(Br)cc(C#N)c2)c1C. The van der Waals surface area contributed by atoms with Crippen molar-refractivity contribution < 1.29 is 4.74 Å². The van der Waals surface area contributed by atoms with Gasteiger partial charge in [0.2, 0.25) is 0 Å². The molecule has 2 rings (SSSR count). The number of aryl methyl sites for hydroxylation is 2. The van der Waals surface area contributed by atoms with E-state index in [1.54, 1.807) is 12.1 Å². The number of rotatable bonds is 2. The fraction of sp³-hybridized carbons (Fsp3) is 0.188. The molecule has 0 unspecified atom stereocenters. The molecule has 0 aromatic heterocycles. The molecule has 2 aromatic carbocycles. The molecule has 0 heterocycles. The molecule has 2 nitrogen and oxygen atoms in total. The van der Waals surface area contributed by atoms with Crippen LogP contribution < -0.4 is 4.74 Å². The van der Waals surface area contributed by atoms with E-state index in [-0.39, 0.29) is 0 Å². The van der Waals surface area contributed by atoms with Crippen molar-refractivity contribution in [1.82, 2.24) is 0 Å². The molecule has 3 heteroatoms. The van der Waals surface area contributed by atoms with Gasteiger partial charge >= 0.3 is 0 Å². The van der Waals surface area contributed by atoms with Gasteiger partial charge in [0.1, 0.15) is 11.5 Å². The maximum atomic E-state index is 8.98. The molecule has 0 aliphatic rings. The van der Waals surface area contributed by atoms with E-state index in [0.717, 1.165) is 21.3 Å². The van der Waals surface area contributed by atoms with Crippen LogP contribution >= 0.6 is 15.9 Å². The summed E-state index contributed by atoms with van der Waals surface area (Å²) in [5.74, 6) is 1.53. The predicted molar refractivity (Wildman–Crippen MR) is 79.6 cm³/mol. The van der Waals surface area contributed by atoms with Crippen molar-refractivity contribution in [3.63, 3.8) is 0 Å². The lowest BCUT2D eigenvalue weighted by Crippen LogP contribution is -1.94. The monoisotopic (exact) mass is 315 g/mol. The van der Waals surface area contributed by atoms with E-state index in [1.165, 1.54) is 5.56 Å². The van der Waals surface area contributed by atoms with Crippen molar-refractivity contribution in [2.24, 2.45) is 0 Å². The highest BCUT2D eigenvalue weighted by Gasteiger charge is 2.09. The maximum absolute atomic E-state index is 8.98. The summed E-state index contributed by atoms with van der Waals surface area (Å²) >= 11 is 3.39. The van der Waals surface area contributed by atoms with Crippen LogP contribution in [0.2, 0.25) is 0 Å². The van der Waals surface area contributed by atoms with Crippen molar-refractivity contribution in [1.29, 1.82) is 5.26 Å². The number of benzene rings is 2. The Morgan fingerprint density at radius 1 is 1.05 bits per heavy atom. The van der Waals surface area contributed by atoms with Crippen molar-refractivity contribution in [2.45, 2.75) is 20.8 Å². The number of hydrogen-bond donors (Lipinski definition) is 0. The van der Waals surface area contributed by atoms with Gasteiger partial charge in [-0.15, -0.1) is 0 Å². The standard InChI is InChI=1S/C16H14BrNO/c1-10-4-5-11(2)16(12(10)3)19-15-7-13(9-18)6-14(17)8-15/h4-8H,1-3H3. The second-order valence-electron chi connectivity index (χ2n) is 4.54. The highest BCUT2D eigenvalue weighted by atomic mass is 79.9. The van der Waals surface area contributed by atoms with Crippen molar-refractivity contribution in [3.05, 3.63) is 57.1 Å². The van der Waals surface area contributed by atoms with Gasteiger partial charge in [0.25, 0.3) is 0 Å². The Hall–Kier alpha value is -1.79. The molecule has 0 amide bonds. The van der Waals surface area contributed by atoms with Crippen LogP contribution in [0.15, 0.2) is 34.8 Å². The van der Waals surface area contributed by atoms with Crippen LogP contribution in [0.3, 0.4) is 0 Å². The molecule has 2 aromatic rings. The third kappa shape index (κ3) is 2.97. The number of nitriles is 1. The average Bonchev–Trinajstić information content (AvgIpc) is 2.38. The minimum atomic E-state index is 0.576. The molecule has 0 atom stereocenters. The fourth-order valence-corrected chi connectivity index (χ4v) is 2.36. The van der Waals surface area contributed by atoms with Gasteiger partial charge in [-0.3, -0.25) is 0 Å². The van der Waals surface area contributed by atoms with Crippen molar-refractivity contribution in [2.75, 3.05) is 0 Å². The zero-order valence-corrected chi connectivity index (χ0v) is 12.7. The number of halogens is 1. The third-order valence-electron chi connectivity index (χ3n) is 3.09. The number of nitrogens with zero attached hydrogens (tertiary/aromatic N) is 1. The van der Waals surface area contributed by atoms with Crippen LogP contribution in [-0.2, 0) is 0 Å². The molecular weight excluding hydrogens is 302 g/mol. The zero-order chi connectivity index (χ0) is 14.0. The van der Waals surface area contributed by atoms with Crippen LogP contribution in [0.4, 0.5) is 0 Å². The summed E-state index contributed by atoms with van der Waals surface area (Å²) in [5, 5.41) is 8.98. The average molecular weight is 316 g/mol. The van der Waals surface area contributed by atoms with E-state index in [1.807, 2.05) is 26.0 Å². The fourth-order valence-electron chi connectivity index (χ4n) is 1.89. The number of ether oxygens (including phenoxy) is 1. The smallest absolute Gasteiger partial charge is 0.133 e. The Morgan fingerprint density at radius 3 is 2.42 bits per heavy atom. The summed E-state index contributed by atoms with van der Waals surface area (Å²) in [4.78, 5) is 0.